The molecule has 162 valence electrons. The van der Waals surface area contributed by atoms with Crippen molar-refractivity contribution in [2.75, 3.05) is 31.2 Å². The van der Waals surface area contributed by atoms with Crippen LogP contribution >= 0.6 is 11.8 Å². The minimum atomic E-state index is -0.247. The number of nitrogens with one attached hydrogen (secondary N) is 1. The molecular formula is C22H31N5O2S. The molecule has 3 atom stereocenters. The highest BCUT2D eigenvalue weighted by atomic mass is 32.2. The van der Waals surface area contributed by atoms with Crippen molar-refractivity contribution >= 4 is 23.6 Å². The van der Waals surface area contributed by atoms with Crippen molar-refractivity contribution in [2.45, 2.75) is 56.0 Å². The minimum Gasteiger partial charge on any atom is -0.378 e. The largest absolute Gasteiger partial charge is 0.378 e. The average molecular weight is 430 g/mol. The van der Waals surface area contributed by atoms with Gasteiger partial charge in [0.2, 0.25) is 11.9 Å². The maximum atomic E-state index is 12.9. The Morgan fingerprint density at radius 2 is 1.90 bits per heavy atom. The van der Waals surface area contributed by atoms with Crippen LogP contribution in [0, 0.1) is 5.92 Å². The summed E-state index contributed by atoms with van der Waals surface area (Å²) in [6.45, 7) is 7.12. The number of hydrogen-bond donors (Lipinski definition) is 1. The van der Waals surface area contributed by atoms with E-state index < -0.39 is 0 Å². The number of rotatable bonds is 6. The molecule has 1 N–H and O–H groups in total. The highest BCUT2D eigenvalue weighted by Crippen LogP contribution is 2.30. The first-order chi connectivity index (χ1) is 14.6. The molecule has 1 saturated carbocycles. The first-order valence-corrected chi connectivity index (χ1v) is 11.8. The quantitative estimate of drug-likeness (QED) is 0.711. The van der Waals surface area contributed by atoms with Crippen LogP contribution in [0.1, 0.15) is 39.5 Å². The third-order valence-electron chi connectivity index (χ3n) is 6.02. The lowest BCUT2D eigenvalue weighted by Gasteiger charge is -2.30. The first-order valence-electron chi connectivity index (χ1n) is 10.9. The number of carbonyl (C=O) groups is 1. The summed E-state index contributed by atoms with van der Waals surface area (Å²) in [7, 11) is 0. The zero-order valence-electron chi connectivity index (χ0n) is 17.8. The molecule has 7 nitrogen and oxygen atoms in total. The lowest BCUT2D eigenvalue weighted by atomic mass is 9.86. The van der Waals surface area contributed by atoms with Crippen LogP contribution in [-0.2, 0) is 9.53 Å². The van der Waals surface area contributed by atoms with Crippen molar-refractivity contribution in [1.82, 2.24) is 20.1 Å². The molecule has 2 aliphatic rings. The van der Waals surface area contributed by atoms with E-state index in [9.17, 15) is 4.79 Å². The number of ether oxygens (including phenoxy) is 1. The van der Waals surface area contributed by atoms with Gasteiger partial charge in [-0.15, -0.1) is 10.2 Å². The molecule has 1 saturated heterocycles. The lowest BCUT2D eigenvalue weighted by molar-refractivity contribution is -0.121. The van der Waals surface area contributed by atoms with Crippen molar-refractivity contribution in [3.63, 3.8) is 0 Å². The zero-order chi connectivity index (χ0) is 20.9. The van der Waals surface area contributed by atoms with Gasteiger partial charge in [-0.2, -0.15) is 0 Å². The van der Waals surface area contributed by atoms with E-state index in [1.165, 1.54) is 31.0 Å². The third-order valence-corrected chi connectivity index (χ3v) is 7.06. The Balaban J connectivity index is 1.53. The highest BCUT2D eigenvalue weighted by Gasteiger charge is 2.28. The Labute approximate surface area is 182 Å². The van der Waals surface area contributed by atoms with Crippen molar-refractivity contribution in [2.24, 2.45) is 5.92 Å². The van der Waals surface area contributed by atoms with E-state index in [4.69, 9.17) is 4.74 Å². The van der Waals surface area contributed by atoms with E-state index in [2.05, 4.69) is 31.9 Å². The Hall–Kier alpha value is -2.06. The van der Waals surface area contributed by atoms with Gasteiger partial charge in [-0.1, -0.05) is 49.7 Å². The van der Waals surface area contributed by atoms with Crippen LogP contribution in [0.25, 0.3) is 5.69 Å². The van der Waals surface area contributed by atoms with E-state index >= 15 is 0 Å². The fourth-order valence-corrected chi connectivity index (χ4v) is 5.02. The summed E-state index contributed by atoms with van der Waals surface area (Å²) in [5.74, 6) is 1.43. The number of carbonyl (C=O) groups excluding carboxylic acids is 1. The first kappa shape index (κ1) is 21.2. The van der Waals surface area contributed by atoms with Crippen molar-refractivity contribution < 1.29 is 9.53 Å². The summed E-state index contributed by atoms with van der Waals surface area (Å²) >= 11 is 1.47. The van der Waals surface area contributed by atoms with Crippen LogP contribution in [0.2, 0.25) is 0 Å². The molecule has 2 fully saturated rings. The molecular weight excluding hydrogens is 398 g/mol. The van der Waals surface area contributed by atoms with Gasteiger partial charge in [-0.05, 0) is 37.8 Å². The summed E-state index contributed by atoms with van der Waals surface area (Å²) in [6, 6.07) is 10.4. The summed E-state index contributed by atoms with van der Waals surface area (Å²) in [4.78, 5) is 15.1. The Morgan fingerprint density at radius 3 is 2.63 bits per heavy atom. The Morgan fingerprint density at radius 1 is 1.17 bits per heavy atom. The van der Waals surface area contributed by atoms with Crippen LogP contribution in [-0.4, -0.2) is 58.3 Å². The molecule has 1 aromatic carbocycles. The van der Waals surface area contributed by atoms with E-state index in [1.807, 2.05) is 37.3 Å². The van der Waals surface area contributed by atoms with Crippen molar-refractivity contribution in [3.8, 4) is 5.69 Å². The molecule has 1 amide bonds. The molecule has 0 radical (unpaired) electrons. The second-order valence-corrected chi connectivity index (χ2v) is 9.50. The summed E-state index contributed by atoms with van der Waals surface area (Å²) in [5, 5.41) is 12.7. The number of anilines is 1. The number of morpholine rings is 1. The molecule has 2 aromatic rings. The van der Waals surface area contributed by atoms with Gasteiger partial charge in [0.05, 0.1) is 24.2 Å². The average Bonchev–Trinajstić information content (AvgIpc) is 3.20. The molecule has 0 spiro atoms. The zero-order valence-corrected chi connectivity index (χ0v) is 18.6. The van der Waals surface area contributed by atoms with Crippen LogP contribution in [0.15, 0.2) is 35.5 Å². The van der Waals surface area contributed by atoms with Crippen LogP contribution in [0.4, 0.5) is 5.95 Å². The van der Waals surface area contributed by atoms with Gasteiger partial charge >= 0.3 is 0 Å². The molecule has 30 heavy (non-hydrogen) atoms. The molecule has 4 rings (SSSR count). The number of thioether (sulfide) groups is 1. The number of nitrogens with zero attached hydrogens (tertiary/aromatic N) is 4. The van der Waals surface area contributed by atoms with Gasteiger partial charge in [0.1, 0.15) is 0 Å². The SMILES string of the molecule is CC(Sc1nnc(N2CCOCC2)n1-c1ccccc1)C(=O)NC1CCCCC1C. The minimum absolute atomic E-state index is 0.0780. The van der Waals surface area contributed by atoms with Gasteiger partial charge in [0.15, 0.2) is 5.16 Å². The Kier molecular flexibility index (Phi) is 6.94. The number of amides is 1. The Bertz CT molecular complexity index is 837. The van der Waals surface area contributed by atoms with E-state index in [-0.39, 0.29) is 17.2 Å². The van der Waals surface area contributed by atoms with Crippen LogP contribution in [0.5, 0.6) is 0 Å². The topological polar surface area (TPSA) is 72.3 Å². The lowest BCUT2D eigenvalue weighted by Crippen LogP contribution is -2.44. The molecule has 8 heteroatoms. The summed E-state index contributed by atoms with van der Waals surface area (Å²) in [6.07, 6.45) is 4.73. The number of benzene rings is 1. The van der Waals surface area contributed by atoms with Gasteiger partial charge in [-0.3, -0.25) is 9.36 Å². The highest BCUT2D eigenvalue weighted by molar-refractivity contribution is 8.00. The van der Waals surface area contributed by atoms with Gasteiger partial charge in [0.25, 0.3) is 0 Å². The van der Waals surface area contributed by atoms with Gasteiger partial charge in [0, 0.05) is 19.1 Å². The number of hydrogen-bond acceptors (Lipinski definition) is 6. The molecule has 3 unspecified atom stereocenters. The summed E-state index contributed by atoms with van der Waals surface area (Å²) < 4.78 is 7.55. The molecule has 1 aliphatic carbocycles. The maximum Gasteiger partial charge on any atom is 0.233 e. The predicted octanol–water partition coefficient (Wildman–Crippen LogP) is 3.28. The van der Waals surface area contributed by atoms with E-state index in [1.54, 1.807) is 0 Å². The van der Waals surface area contributed by atoms with Crippen LogP contribution in [0.3, 0.4) is 0 Å². The molecule has 1 aliphatic heterocycles. The van der Waals surface area contributed by atoms with Gasteiger partial charge in [-0.25, -0.2) is 0 Å². The van der Waals surface area contributed by atoms with E-state index in [0.717, 1.165) is 36.3 Å². The second-order valence-electron chi connectivity index (χ2n) is 8.19. The standard InChI is InChI=1S/C22H31N5O2S/c1-16-8-6-7-11-19(16)23-20(28)17(2)30-22-25-24-21(26-12-14-29-15-13-26)27(22)18-9-4-3-5-10-18/h3-5,9-10,16-17,19H,6-8,11-15H2,1-2H3,(H,23,28). The monoisotopic (exact) mass is 429 g/mol. The number of para-hydroxylation sites is 1. The second kappa shape index (κ2) is 9.83. The smallest absolute Gasteiger partial charge is 0.233 e. The van der Waals surface area contributed by atoms with Crippen LogP contribution < -0.4 is 10.2 Å². The number of aromatic nitrogens is 3. The van der Waals surface area contributed by atoms with Crippen molar-refractivity contribution in [3.05, 3.63) is 30.3 Å². The molecule has 2 heterocycles. The van der Waals surface area contributed by atoms with Crippen molar-refractivity contribution in [1.29, 1.82) is 0 Å². The normalized spacial score (nSPS) is 23.2. The maximum absolute atomic E-state index is 12.9. The predicted molar refractivity (Wildman–Crippen MR) is 119 cm³/mol. The van der Waals surface area contributed by atoms with Gasteiger partial charge < -0.3 is 15.0 Å². The fraction of sp³-hybridized carbons (Fsp3) is 0.591. The summed E-state index contributed by atoms with van der Waals surface area (Å²) in [5.41, 5.74) is 1.00. The fourth-order valence-electron chi connectivity index (χ4n) is 4.15. The molecule has 1 aromatic heterocycles. The molecule has 0 bridgehead atoms. The third kappa shape index (κ3) is 4.81. The van der Waals surface area contributed by atoms with E-state index in [0.29, 0.717) is 19.1 Å².